The molecule has 1 heterocycles. The Morgan fingerprint density at radius 1 is 1.64 bits per heavy atom. The number of aliphatic hydroxyl groups excluding tert-OH is 1. The van der Waals surface area contributed by atoms with E-state index in [1.165, 1.54) is 0 Å². The summed E-state index contributed by atoms with van der Waals surface area (Å²) in [6.45, 7) is 6.02. The van der Waals surface area contributed by atoms with Crippen LogP contribution in [0.3, 0.4) is 0 Å². The number of ether oxygens (including phenoxy) is 2. The Hall–Kier alpha value is -0.380. The largest absolute Gasteiger partial charge is 0.379 e. The first-order valence-electron chi connectivity index (χ1n) is 5.14. The fourth-order valence-corrected chi connectivity index (χ4v) is 1.93. The maximum Gasteiger partial charge on any atom is 0.177 e. The van der Waals surface area contributed by atoms with Crippen LogP contribution in [-0.4, -0.2) is 30.7 Å². The minimum atomic E-state index is -0.764. The first kappa shape index (κ1) is 11.7. The average Bonchev–Trinajstić information content (AvgIpc) is 2.15. The Bertz CT molecular complexity index is 209. The van der Waals surface area contributed by atoms with E-state index in [9.17, 15) is 5.11 Å². The Kier molecular flexibility index (Phi) is 4.11. The average molecular weight is 200 g/mol. The number of hydrogen-bond acceptors (Lipinski definition) is 3. The summed E-state index contributed by atoms with van der Waals surface area (Å²) in [7, 11) is 1.68. The lowest BCUT2D eigenvalue weighted by molar-refractivity contribution is -0.171. The predicted molar refractivity (Wildman–Crippen MR) is 54.9 cm³/mol. The van der Waals surface area contributed by atoms with Crippen molar-refractivity contribution < 1.29 is 14.6 Å². The molecule has 0 bridgehead atoms. The Balaban J connectivity index is 2.72. The van der Waals surface area contributed by atoms with Gasteiger partial charge in [-0.25, -0.2) is 0 Å². The topological polar surface area (TPSA) is 38.7 Å². The molecule has 0 fully saturated rings. The molecule has 0 aliphatic carbocycles. The van der Waals surface area contributed by atoms with E-state index in [1.54, 1.807) is 7.11 Å². The molecule has 0 saturated heterocycles. The molecule has 0 aromatic carbocycles. The van der Waals surface area contributed by atoms with Crippen LogP contribution < -0.4 is 0 Å². The number of hydrogen-bond donors (Lipinski definition) is 1. The Morgan fingerprint density at radius 3 is 2.79 bits per heavy atom. The van der Waals surface area contributed by atoms with Crippen LogP contribution in [0.15, 0.2) is 11.6 Å². The summed E-state index contributed by atoms with van der Waals surface area (Å²) in [5.74, 6) is 0.295. The van der Waals surface area contributed by atoms with Crippen LogP contribution >= 0.6 is 0 Å². The van der Waals surface area contributed by atoms with Gasteiger partial charge in [0.1, 0.15) is 0 Å². The summed E-state index contributed by atoms with van der Waals surface area (Å²) in [4.78, 5) is 0. The Labute approximate surface area is 85.7 Å². The van der Waals surface area contributed by atoms with E-state index in [4.69, 9.17) is 9.47 Å². The van der Waals surface area contributed by atoms with Gasteiger partial charge >= 0.3 is 0 Å². The number of aliphatic hydroxyl groups is 1. The first-order chi connectivity index (χ1) is 6.60. The quantitative estimate of drug-likeness (QED) is 0.705. The van der Waals surface area contributed by atoms with Crippen molar-refractivity contribution >= 4 is 0 Å². The summed E-state index contributed by atoms with van der Waals surface area (Å²) in [5.41, 5.74) is 0.889. The highest BCUT2D eigenvalue weighted by Gasteiger charge is 2.31. The van der Waals surface area contributed by atoms with Gasteiger partial charge in [-0.05, 0) is 18.9 Å². The zero-order valence-electron chi connectivity index (χ0n) is 9.36. The van der Waals surface area contributed by atoms with E-state index in [0.29, 0.717) is 5.92 Å². The van der Waals surface area contributed by atoms with Crippen molar-refractivity contribution in [3.63, 3.8) is 0 Å². The van der Waals surface area contributed by atoms with Crippen molar-refractivity contribution in [2.24, 2.45) is 5.92 Å². The van der Waals surface area contributed by atoms with E-state index in [0.717, 1.165) is 12.0 Å². The van der Waals surface area contributed by atoms with Crippen LogP contribution in [0.1, 0.15) is 27.2 Å². The Morgan fingerprint density at radius 2 is 2.29 bits per heavy atom. The normalized spacial score (nSPS) is 35.2. The molecule has 4 atom stereocenters. The molecule has 0 amide bonds. The van der Waals surface area contributed by atoms with Gasteiger partial charge in [-0.2, -0.15) is 0 Å². The fraction of sp³-hybridized carbons (Fsp3) is 0.818. The zero-order chi connectivity index (χ0) is 10.7. The van der Waals surface area contributed by atoms with E-state index >= 15 is 0 Å². The van der Waals surface area contributed by atoms with Crippen molar-refractivity contribution in [1.82, 2.24) is 0 Å². The van der Waals surface area contributed by atoms with Crippen molar-refractivity contribution in [3.8, 4) is 0 Å². The second-order valence-corrected chi connectivity index (χ2v) is 3.91. The van der Waals surface area contributed by atoms with Crippen molar-refractivity contribution in [2.75, 3.05) is 7.11 Å². The molecular formula is C11H20O3. The third kappa shape index (κ3) is 2.35. The maximum absolute atomic E-state index is 9.56. The second kappa shape index (κ2) is 4.91. The van der Waals surface area contributed by atoms with Gasteiger partial charge in [-0.15, -0.1) is 0 Å². The summed E-state index contributed by atoms with van der Waals surface area (Å²) in [6.07, 6.45) is 2.21. The standard InChI is InChI=1S/C11H20O3/c1-5-9(13-4)10-7(2)6-8(3)11(12)14-10/h6-7,9-12H,5H2,1-4H3/t7-,9-,10?,11?/m1/s1. The minimum Gasteiger partial charge on any atom is -0.379 e. The third-order valence-corrected chi connectivity index (χ3v) is 2.79. The highest BCUT2D eigenvalue weighted by molar-refractivity contribution is 5.09. The molecule has 2 unspecified atom stereocenters. The molecule has 0 aromatic heterocycles. The van der Waals surface area contributed by atoms with Gasteiger partial charge in [0.05, 0.1) is 12.2 Å². The van der Waals surface area contributed by atoms with Crippen LogP contribution in [0.25, 0.3) is 0 Å². The highest BCUT2D eigenvalue weighted by Crippen LogP contribution is 2.26. The van der Waals surface area contributed by atoms with Gasteiger partial charge in [0.25, 0.3) is 0 Å². The number of methoxy groups -OCH3 is 1. The van der Waals surface area contributed by atoms with Gasteiger partial charge in [0, 0.05) is 13.0 Å². The van der Waals surface area contributed by atoms with E-state index in [2.05, 4.69) is 19.9 Å². The third-order valence-electron chi connectivity index (χ3n) is 2.79. The summed E-state index contributed by atoms with van der Waals surface area (Å²) in [6, 6.07) is 0. The van der Waals surface area contributed by atoms with E-state index in [1.807, 2.05) is 6.92 Å². The predicted octanol–water partition coefficient (Wildman–Crippen LogP) is 1.71. The summed E-state index contributed by atoms with van der Waals surface area (Å²) < 4.78 is 10.8. The van der Waals surface area contributed by atoms with E-state index < -0.39 is 6.29 Å². The molecule has 1 N–H and O–H groups in total. The lowest BCUT2D eigenvalue weighted by atomic mass is 9.93. The van der Waals surface area contributed by atoms with Gasteiger partial charge in [0.15, 0.2) is 6.29 Å². The van der Waals surface area contributed by atoms with Gasteiger partial charge in [-0.3, -0.25) is 0 Å². The van der Waals surface area contributed by atoms with Crippen LogP contribution in [0.4, 0.5) is 0 Å². The van der Waals surface area contributed by atoms with Gasteiger partial charge in [-0.1, -0.05) is 19.9 Å². The van der Waals surface area contributed by atoms with Gasteiger partial charge in [0.2, 0.25) is 0 Å². The highest BCUT2D eigenvalue weighted by atomic mass is 16.6. The zero-order valence-corrected chi connectivity index (χ0v) is 9.36. The molecule has 3 nitrogen and oxygen atoms in total. The fourth-order valence-electron chi connectivity index (χ4n) is 1.93. The molecule has 0 aromatic rings. The second-order valence-electron chi connectivity index (χ2n) is 3.91. The molecular weight excluding hydrogens is 180 g/mol. The molecule has 1 aliphatic rings. The minimum absolute atomic E-state index is 0.0382. The molecule has 0 spiro atoms. The molecule has 0 saturated carbocycles. The molecule has 3 heteroatoms. The molecule has 1 rings (SSSR count). The lowest BCUT2D eigenvalue weighted by Crippen LogP contribution is -2.41. The molecule has 82 valence electrons. The first-order valence-corrected chi connectivity index (χ1v) is 5.14. The summed E-state index contributed by atoms with van der Waals surface area (Å²) in [5, 5.41) is 9.56. The maximum atomic E-state index is 9.56. The van der Waals surface area contributed by atoms with Crippen LogP contribution in [0.5, 0.6) is 0 Å². The van der Waals surface area contributed by atoms with Gasteiger partial charge < -0.3 is 14.6 Å². The van der Waals surface area contributed by atoms with Crippen LogP contribution in [0, 0.1) is 5.92 Å². The van der Waals surface area contributed by atoms with Crippen LogP contribution in [-0.2, 0) is 9.47 Å². The van der Waals surface area contributed by atoms with E-state index in [-0.39, 0.29) is 12.2 Å². The summed E-state index contributed by atoms with van der Waals surface area (Å²) >= 11 is 0. The lowest BCUT2D eigenvalue weighted by Gasteiger charge is -2.35. The van der Waals surface area contributed by atoms with Crippen LogP contribution in [0.2, 0.25) is 0 Å². The molecule has 0 radical (unpaired) electrons. The smallest absolute Gasteiger partial charge is 0.177 e. The molecule has 1 aliphatic heterocycles. The van der Waals surface area contributed by atoms with Crippen molar-refractivity contribution in [1.29, 1.82) is 0 Å². The SMILES string of the molecule is CC[C@@H](OC)C1OC(O)C(C)=C[C@H]1C. The van der Waals surface area contributed by atoms with Crippen molar-refractivity contribution in [2.45, 2.75) is 45.7 Å². The number of rotatable bonds is 3. The van der Waals surface area contributed by atoms with Crippen molar-refractivity contribution in [3.05, 3.63) is 11.6 Å². The molecule has 14 heavy (non-hydrogen) atoms. The monoisotopic (exact) mass is 200 g/mol.